The van der Waals surface area contributed by atoms with Crippen molar-refractivity contribution in [3.63, 3.8) is 0 Å². The van der Waals surface area contributed by atoms with E-state index in [1.54, 1.807) is 0 Å². The lowest BCUT2D eigenvalue weighted by atomic mass is 10.1. The van der Waals surface area contributed by atoms with Crippen LogP contribution in [0.25, 0.3) is 20.8 Å². The zero-order valence-corrected chi connectivity index (χ0v) is 22.9. The van der Waals surface area contributed by atoms with Gasteiger partial charge in [-0.15, -0.1) is 11.3 Å². The summed E-state index contributed by atoms with van der Waals surface area (Å²) in [6.07, 6.45) is 0.695. The molecule has 0 N–H and O–H groups in total. The third kappa shape index (κ3) is 5.34. The van der Waals surface area contributed by atoms with Crippen molar-refractivity contribution in [3.8, 4) is 10.6 Å². The van der Waals surface area contributed by atoms with Crippen LogP contribution in [0.1, 0.15) is 38.3 Å². The maximum absolute atomic E-state index is 12.6. The van der Waals surface area contributed by atoms with Crippen molar-refractivity contribution >= 4 is 33.3 Å². The van der Waals surface area contributed by atoms with E-state index in [4.69, 9.17) is 14.5 Å². The van der Waals surface area contributed by atoms with E-state index in [0.717, 1.165) is 63.6 Å². The summed E-state index contributed by atoms with van der Waals surface area (Å²) in [7, 11) is 0. The van der Waals surface area contributed by atoms with Gasteiger partial charge in [0, 0.05) is 44.0 Å². The predicted octanol–water partition coefficient (Wildman–Crippen LogP) is 4.27. The van der Waals surface area contributed by atoms with Crippen LogP contribution in [0.5, 0.6) is 0 Å². The van der Waals surface area contributed by atoms with Crippen molar-refractivity contribution in [2.24, 2.45) is 0 Å². The number of carbonyl (C=O) groups is 1. The van der Waals surface area contributed by atoms with Crippen LogP contribution in [0, 0.1) is 13.8 Å². The number of aryl methyl sites for hydroxylation is 2. The fourth-order valence-corrected chi connectivity index (χ4v) is 6.20. The first-order chi connectivity index (χ1) is 17.2. The van der Waals surface area contributed by atoms with Gasteiger partial charge in [0.1, 0.15) is 18.8 Å². The first-order valence-electron chi connectivity index (χ1n) is 12.9. The van der Waals surface area contributed by atoms with Crippen LogP contribution in [-0.2, 0) is 9.47 Å². The molecule has 3 heterocycles. The summed E-state index contributed by atoms with van der Waals surface area (Å²) in [4.78, 5) is 23.2. The number of nitrogens with zero attached hydrogens (tertiary/aromatic N) is 4. The van der Waals surface area contributed by atoms with Crippen molar-refractivity contribution in [1.82, 2.24) is 14.5 Å². The van der Waals surface area contributed by atoms with Crippen LogP contribution in [0.3, 0.4) is 0 Å². The Morgan fingerprint density at radius 3 is 2.56 bits per heavy atom. The molecule has 5 rings (SSSR count). The number of fused-ring (bicyclic) bond motifs is 2. The van der Waals surface area contributed by atoms with Gasteiger partial charge in [-0.3, -0.25) is 0 Å². The molecule has 1 aromatic carbocycles. The van der Waals surface area contributed by atoms with Crippen LogP contribution in [-0.4, -0.2) is 74.1 Å². The number of morpholine rings is 1. The van der Waals surface area contributed by atoms with Crippen LogP contribution in [0.15, 0.2) is 24.3 Å². The van der Waals surface area contributed by atoms with E-state index < -0.39 is 5.60 Å². The molecule has 0 radical (unpaired) electrons. The first kappa shape index (κ1) is 25.0. The topological polar surface area (TPSA) is 57.9 Å². The average Bonchev–Trinajstić information content (AvgIpc) is 3.09. The standard InChI is InChI=1S/C28H37N4O3S/c1-19-15-21(30-7-6-8-32(10-9-30)27(33)35-28(3,4)5)17-23-25(19)29-26-20(2)16-22(18-24(26)36-23)31-11-13-34-14-12-31/h15-18H,6-14H2,1-5H3/q+1. The van der Waals surface area contributed by atoms with E-state index in [1.165, 1.54) is 31.7 Å². The largest absolute Gasteiger partial charge is 0.444 e. The lowest BCUT2D eigenvalue weighted by Crippen LogP contribution is -2.39. The molecule has 36 heavy (non-hydrogen) atoms. The molecule has 0 aromatic heterocycles. The highest BCUT2D eigenvalue weighted by Crippen LogP contribution is 2.35. The summed E-state index contributed by atoms with van der Waals surface area (Å²) in [6, 6.07) is 9.07. The summed E-state index contributed by atoms with van der Waals surface area (Å²) in [6.45, 7) is 16.5. The smallest absolute Gasteiger partial charge is 0.410 e. The molecule has 0 atom stereocenters. The van der Waals surface area contributed by atoms with Crippen LogP contribution < -0.4 is 14.8 Å². The summed E-state index contributed by atoms with van der Waals surface area (Å²) < 4.78 is 14.8. The second-order valence-electron chi connectivity index (χ2n) is 10.8. The molecule has 8 heteroatoms. The number of ether oxygens (including phenoxy) is 2. The molecular weight excluding hydrogens is 472 g/mol. The second-order valence-corrected chi connectivity index (χ2v) is 11.9. The Labute approximate surface area is 217 Å². The zero-order valence-electron chi connectivity index (χ0n) is 22.1. The molecule has 4 aliphatic rings. The van der Waals surface area contributed by atoms with Gasteiger partial charge in [0.25, 0.3) is 0 Å². The number of anilines is 1. The third-order valence-corrected chi connectivity index (χ3v) is 7.90. The Bertz CT molecular complexity index is 1320. The monoisotopic (exact) mass is 509 g/mol. The maximum atomic E-state index is 12.6. The second kappa shape index (κ2) is 9.98. The predicted molar refractivity (Wildman–Crippen MR) is 146 cm³/mol. The number of carbonyl (C=O) groups excluding carboxylic acids is 1. The summed E-state index contributed by atoms with van der Waals surface area (Å²) in [5.41, 5.74) is 5.28. The molecule has 0 spiro atoms. The van der Waals surface area contributed by atoms with Gasteiger partial charge < -0.3 is 19.3 Å². The molecule has 0 saturated carbocycles. The molecule has 0 bridgehead atoms. The van der Waals surface area contributed by atoms with E-state index in [-0.39, 0.29) is 6.09 Å². The number of rotatable bonds is 1. The van der Waals surface area contributed by atoms with E-state index in [1.807, 2.05) is 37.0 Å². The first-order valence-corrected chi connectivity index (χ1v) is 13.7. The van der Waals surface area contributed by atoms with Gasteiger partial charge in [-0.2, -0.15) is 0 Å². The third-order valence-electron chi connectivity index (χ3n) is 6.83. The van der Waals surface area contributed by atoms with Crippen molar-refractivity contribution in [3.05, 3.63) is 40.7 Å². The van der Waals surface area contributed by atoms with E-state index in [9.17, 15) is 4.79 Å². The van der Waals surface area contributed by atoms with E-state index in [0.29, 0.717) is 6.54 Å². The van der Waals surface area contributed by atoms with Gasteiger partial charge in [0.05, 0.1) is 20.8 Å². The molecule has 0 unspecified atom stereocenters. The van der Waals surface area contributed by atoms with Crippen LogP contribution in [0.2, 0.25) is 0 Å². The molecule has 2 fully saturated rings. The maximum Gasteiger partial charge on any atom is 0.410 e. The number of benzene rings is 2. The molecule has 1 aliphatic carbocycles. The average molecular weight is 510 g/mol. The Kier molecular flexibility index (Phi) is 6.92. The van der Waals surface area contributed by atoms with E-state index in [2.05, 4.69) is 47.6 Å². The molecule has 192 valence electrons. The van der Waals surface area contributed by atoms with Gasteiger partial charge in [-0.25, -0.2) is 14.4 Å². The minimum atomic E-state index is -0.476. The van der Waals surface area contributed by atoms with Crippen LogP contribution in [0.4, 0.5) is 10.5 Å². The molecule has 3 aliphatic heterocycles. The SMILES string of the molecule is Cc1cc(=[N+]2CCOCC2)cc2sc3cc(N4CCCN(C(=O)OC(C)(C)C)CC4)cc(C)c3nc1-2. The Morgan fingerprint density at radius 1 is 1.03 bits per heavy atom. The number of hydrogen-bond acceptors (Lipinski definition) is 6. The highest BCUT2D eigenvalue weighted by atomic mass is 32.1. The Balaban J connectivity index is 1.46. The van der Waals surface area contributed by atoms with Crippen molar-refractivity contribution < 1.29 is 14.3 Å². The minimum Gasteiger partial charge on any atom is -0.444 e. The molecule has 2 saturated heterocycles. The normalized spacial score (nSPS) is 17.5. The summed E-state index contributed by atoms with van der Waals surface area (Å²) in [5.74, 6) is 0. The minimum absolute atomic E-state index is 0.219. The van der Waals surface area contributed by atoms with Gasteiger partial charge in [0.15, 0.2) is 13.1 Å². The number of hydrogen-bond donors (Lipinski definition) is 0. The Morgan fingerprint density at radius 2 is 1.81 bits per heavy atom. The van der Waals surface area contributed by atoms with Crippen LogP contribution >= 0.6 is 11.3 Å². The molecular formula is C28H37N4O3S+. The molecule has 7 nitrogen and oxygen atoms in total. The molecule has 1 aromatic rings. The Hall–Kier alpha value is -2.71. The summed E-state index contributed by atoms with van der Waals surface area (Å²) >= 11 is 1.82. The van der Waals surface area contributed by atoms with Crippen molar-refractivity contribution in [2.75, 3.05) is 57.4 Å². The number of aromatic nitrogens is 1. The summed E-state index contributed by atoms with van der Waals surface area (Å²) in [5, 5.41) is 1.25. The highest BCUT2D eigenvalue weighted by molar-refractivity contribution is 7.21. The molecule has 1 amide bonds. The fourth-order valence-electron chi connectivity index (χ4n) is 5.00. The number of amides is 1. The van der Waals surface area contributed by atoms with Crippen molar-refractivity contribution in [1.29, 1.82) is 0 Å². The highest BCUT2D eigenvalue weighted by Gasteiger charge is 2.25. The van der Waals surface area contributed by atoms with Gasteiger partial charge >= 0.3 is 6.09 Å². The van der Waals surface area contributed by atoms with E-state index >= 15 is 0 Å². The van der Waals surface area contributed by atoms with Gasteiger partial charge in [-0.05, 0) is 64.3 Å². The quantitative estimate of drug-likeness (QED) is 0.362. The lowest BCUT2D eigenvalue weighted by Gasteiger charge is -2.27. The van der Waals surface area contributed by atoms with Crippen molar-refractivity contribution in [2.45, 2.75) is 46.6 Å². The lowest BCUT2D eigenvalue weighted by molar-refractivity contribution is 0.0263. The van der Waals surface area contributed by atoms with Gasteiger partial charge in [-0.1, -0.05) is 0 Å². The fraction of sp³-hybridized carbons (Fsp3) is 0.536. The zero-order chi connectivity index (χ0) is 25.4. The van der Waals surface area contributed by atoms with Gasteiger partial charge in [0.2, 0.25) is 5.36 Å².